The number of amides is 2. The summed E-state index contributed by atoms with van der Waals surface area (Å²) in [5.74, 6) is 0.851. The molecule has 3 atom stereocenters. The Labute approximate surface area is 198 Å². The van der Waals surface area contributed by atoms with Gasteiger partial charge in [0.15, 0.2) is 0 Å². The van der Waals surface area contributed by atoms with Crippen molar-refractivity contribution in [3.8, 4) is 23.5 Å². The van der Waals surface area contributed by atoms with Crippen LogP contribution in [-0.2, 0) is 14.3 Å². The number of fused-ring (bicyclic) bond motifs is 3. The molecule has 4 rings (SSSR count). The second-order valence-corrected chi connectivity index (χ2v) is 8.92. The average Bonchev–Trinajstić information content (AvgIpc) is 3.39. The Balaban J connectivity index is 1.25. The van der Waals surface area contributed by atoms with E-state index in [1.54, 1.807) is 0 Å². The lowest BCUT2D eigenvalue weighted by molar-refractivity contribution is -0.141. The van der Waals surface area contributed by atoms with Crippen molar-refractivity contribution in [1.82, 2.24) is 10.6 Å². The van der Waals surface area contributed by atoms with Crippen LogP contribution in [0.3, 0.4) is 0 Å². The zero-order chi connectivity index (χ0) is 24.1. The van der Waals surface area contributed by atoms with Crippen LogP contribution in [0.4, 0.5) is 4.79 Å². The number of carboxylic acid groups (broad SMARTS) is 1. The highest BCUT2D eigenvalue weighted by molar-refractivity contribution is 5.84. The summed E-state index contributed by atoms with van der Waals surface area (Å²) in [6.07, 6.45) is 7.01. The molecule has 0 aliphatic heterocycles. The maximum atomic E-state index is 12.5. The van der Waals surface area contributed by atoms with Crippen molar-refractivity contribution in [2.24, 2.45) is 5.92 Å². The van der Waals surface area contributed by atoms with Gasteiger partial charge < -0.3 is 20.5 Å². The summed E-state index contributed by atoms with van der Waals surface area (Å²) < 4.78 is 5.61. The summed E-state index contributed by atoms with van der Waals surface area (Å²) in [4.78, 5) is 35.9. The van der Waals surface area contributed by atoms with Crippen LogP contribution in [0.15, 0.2) is 48.5 Å². The van der Waals surface area contributed by atoms with Crippen molar-refractivity contribution in [2.75, 3.05) is 6.61 Å². The number of carbonyl (C=O) groups excluding carboxylic acids is 2. The third-order valence-electron chi connectivity index (χ3n) is 6.64. The van der Waals surface area contributed by atoms with E-state index in [4.69, 9.17) is 16.3 Å². The van der Waals surface area contributed by atoms with Gasteiger partial charge in [0.2, 0.25) is 5.91 Å². The van der Waals surface area contributed by atoms with Crippen molar-refractivity contribution in [3.05, 3.63) is 59.7 Å². The molecule has 1 unspecified atom stereocenters. The summed E-state index contributed by atoms with van der Waals surface area (Å²) in [5.41, 5.74) is 4.67. The molecule has 2 aromatic carbocycles. The largest absolute Gasteiger partial charge is 0.480 e. The molecule has 2 aliphatic carbocycles. The van der Waals surface area contributed by atoms with Crippen molar-refractivity contribution < 1.29 is 24.2 Å². The third-order valence-corrected chi connectivity index (χ3v) is 6.64. The second kappa shape index (κ2) is 10.4. The molecule has 3 N–H and O–H groups in total. The number of aliphatic carboxylic acids is 1. The van der Waals surface area contributed by atoms with Crippen molar-refractivity contribution in [1.29, 1.82) is 0 Å². The Morgan fingerprint density at radius 2 is 1.71 bits per heavy atom. The van der Waals surface area contributed by atoms with Crippen LogP contribution in [0.5, 0.6) is 0 Å². The molecule has 2 aliphatic rings. The van der Waals surface area contributed by atoms with Crippen LogP contribution >= 0.6 is 0 Å². The molecule has 0 aromatic heterocycles. The van der Waals surface area contributed by atoms with Crippen molar-refractivity contribution in [3.63, 3.8) is 0 Å². The number of hydrogen-bond acceptors (Lipinski definition) is 4. The summed E-state index contributed by atoms with van der Waals surface area (Å²) in [6.45, 7) is 0.254. The van der Waals surface area contributed by atoms with E-state index in [1.807, 2.05) is 24.3 Å². The van der Waals surface area contributed by atoms with Crippen LogP contribution in [0.25, 0.3) is 11.1 Å². The summed E-state index contributed by atoms with van der Waals surface area (Å²) in [6, 6.07) is 15.2. The average molecular weight is 461 g/mol. The topological polar surface area (TPSA) is 105 Å². The van der Waals surface area contributed by atoms with Crippen LogP contribution in [0.2, 0.25) is 0 Å². The van der Waals surface area contributed by atoms with E-state index >= 15 is 0 Å². The van der Waals surface area contributed by atoms with Gasteiger partial charge in [-0.15, -0.1) is 12.3 Å². The number of terminal acetylenes is 1. The molecular weight excluding hydrogens is 432 g/mol. The molecule has 176 valence electrons. The second-order valence-electron chi connectivity index (χ2n) is 8.92. The van der Waals surface area contributed by atoms with Gasteiger partial charge in [-0.1, -0.05) is 48.5 Å². The van der Waals surface area contributed by atoms with E-state index < -0.39 is 18.1 Å². The van der Waals surface area contributed by atoms with Gasteiger partial charge >= 0.3 is 12.1 Å². The number of hydrogen-bond donors (Lipinski definition) is 3. The maximum absolute atomic E-state index is 12.5. The molecule has 0 bridgehead atoms. The number of carbonyl (C=O) groups is 3. The van der Waals surface area contributed by atoms with E-state index in [0.29, 0.717) is 6.42 Å². The number of carboxylic acids is 1. The van der Waals surface area contributed by atoms with Gasteiger partial charge in [-0.2, -0.15) is 0 Å². The van der Waals surface area contributed by atoms with Gasteiger partial charge in [0, 0.05) is 24.8 Å². The maximum Gasteiger partial charge on any atom is 0.407 e. The van der Waals surface area contributed by atoms with Crippen LogP contribution in [0.1, 0.15) is 49.1 Å². The molecular formula is C27H28N2O5. The minimum atomic E-state index is -1.15. The number of nitrogens with one attached hydrogen (secondary N) is 2. The van der Waals surface area contributed by atoms with Gasteiger partial charge in [-0.05, 0) is 47.4 Å². The molecule has 2 amide bonds. The van der Waals surface area contributed by atoms with Gasteiger partial charge in [0.25, 0.3) is 0 Å². The number of ether oxygens (including phenoxy) is 1. The Morgan fingerprint density at radius 1 is 1.06 bits per heavy atom. The Morgan fingerprint density at radius 3 is 2.32 bits per heavy atom. The quantitative estimate of drug-likeness (QED) is 0.522. The predicted molar refractivity (Wildman–Crippen MR) is 127 cm³/mol. The van der Waals surface area contributed by atoms with Gasteiger partial charge in [0.05, 0.1) is 0 Å². The molecule has 7 heteroatoms. The molecule has 0 saturated heterocycles. The molecule has 0 spiro atoms. The normalized spacial score (nSPS) is 19.4. The summed E-state index contributed by atoms with van der Waals surface area (Å²) >= 11 is 0. The standard InChI is InChI=1S/C27H28N2O5/c1-2-7-24(26(31)32)29-25(30)15-17-12-13-18(14-17)28-27(33)34-16-23-21-10-5-3-8-19(21)20-9-4-6-11-22(20)23/h1,3-6,8-11,17-18,23-24H,7,12-16H2,(H,28,33)(H,29,30)(H,31,32)/t17-,18+,24?/m1/s1. The highest BCUT2D eigenvalue weighted by atomic mass is 16.5. The van der Waals surface area contributed by atoms with Crippen LogP contribution in [0, 0.1) is 18.3 Å². The van der Waals surface area contributed by atoms with Crippen molar-refractivity contribution >= 4 is 18.0 Å². The molecule has 1 saturated carbocycles. The fraction of sp³-hybridized carbons (Fsp3) is 0.370. The molecule has 2 aromatic rings. The zero-order valence-corrected chi connectivity index (χ0v) is 18.8. The summed E-state index contributed by atoms with van der Waals surface area (Å²) in [5, 5.41) is 14.5. The van der Waals surface area contributed by atoms with Crippen LogP contribution < -0.4 is 10.6 Å². The molecule has 1 fully saturated rings. The monoisotopic (exact) mass is 460 g/mol. The highest BCUT2D eigenvalue weighted by Crippen LogP contribution is 2.44. The highest BCUT2D eigenvalue weighted by Gasteiger charge is 2.31. The first-order valence-electron chi connectivity index (χ1n) is 11.5. The van der Waals surface area contributed by atoms with E-state index in [0.717, 1.165) is 24.0 Å². The van der Waals surface area contributed by atoms with Gasteiger partial charge in [0.1, 0.15) is 12.6 Å². The first kappa shape index (κ1) is 23.4. The fourth-order valence-corrected chi connectivity index (χ4v) is 5.03. The lowest BCUT2D eigenvalue weighted by Crippen LogP contribution is -2.41. The first-order chi connectivity index (χ1) is 16.5. The number of rotatable bonds is 8. The smallest absolute Gasteiger partial charge is 0.407 e. The van der Waals surface area contributed by atoms with Gasteiger partial charge in [-0.3, -0.25) is 4.79 Å². The Kier molecular flexibility index (Phi) is 7.17. The zero-order valence-electron chi connectivity index (χ0n) is 18.8. The molecule has 0 radical (unpaired) electrons. The van der Waals surface area contributed by atoms with E-state index in [-0.39, 0.29) is 43.2 Å². The minimum Gasteiger partial charge on any atom is -0.480 e. The van der Waals surface area contributed by atoms with E-state index in [1.165, 1.54) is 11.1 Å². The third kappa shape index (κ3) is 5.23. The van der Waals surface area contributed by atoms with E-state index in [2.05, 4.69) is 40.8 Å². The Bertz CT molecular complexity index is 1080. The first-order valence-corrected chi connectivity index (χ1v) is 11.5. The van der Waals surface area contributed by atoms with Crippen molar-refractivity contribution in [2.45, 2.75) is 50.1 Å². The Hall–Kier alpha value is -3.79. The lowest BCUT2D eigenvalue weighted by Gasteiger charge is -2.17. The number of alkyl carbamates (subject to hydrolysis) is 1. The SMILES string of the molecule is C#CCC(NC(=O)C[C@@H]1CC[C@H](NC(=O)OCC2c3ccccc3-c3ccccc32)C1)C(=O)O. The molecule has 7 nitrogen and oxygen atoms in total. The van der Waals surface area contributed by atoms with E-state index in [9.17, 15) is 14.4 Å². The fourth-order valence-electron chi connectivity index (χ4n) is 5.03. The summed E-state index contributed by atoms with van der Waals surface area (Å²) in [7, 11) is 0. The lowest BCUT2D eigenvalue weighted by atomic mass is 9.98. The number of benzene rings is 2. The molecule has 34 heavy (non-hydrogen) atoms. The van der Waals surface area contributed by atoms with Gasteiger partial charge in [-0.25, -0.2) is 9.59 Å². The molecule has 0 heterocycles. The predicted octanol–water partition coefficient (Wildman–Crippen LogP) is 3.68. The minimum absolute atomic E-state index is 0.00311. The van der Waals surface area contributed by atoms with Crippen LogP contribution in [-0.4, -0.2) is 41.8 Å².